The molecule has 0 heterocycles. The summed E-state index contributed by atoms with van der Waals surface area (Å²) in [4.78, 5) is 9.61. The Balaban J connectivity index is 0.000000364. The number of nitrogens with zero attached hydrogens (tertiary/aromatic N) is 1. The van der Waals surface area contributed by atoms with Gasteiger partial charge in [0.25, 0.3) is 5.69 Å². The number of hydrogen-bond donors (Lipinski definition) is 2. The van der Waals surface area contributed by atoms with Crippen LogP contribution in [0, 0.1) is 10.1 Å². The van der Waals surface area contributed by atoms with Crippen molar-refractivity contribution in [1.29, 1.82) is 0 Å². The molecule has 0 bridgehead atoms. The molecule has 78 valence electrons. The van der Waals surface area contributed by atoms with Crippen molar-refractivity contribution in [3.63, 3.8) is 0 Å². The summed E-state index contributed by atoms with van der Waals surface area (Å²) >= 11 is 9.02. The molecule has 1 rings (SSSR count). The molecule has 0 fully saturated rings. The van der Waals surface area contributed by atoms with Crippen LogP contribution in [0.1, 0.15) is 6.92 Å². The van der Waals surface area contributed by atoms with Gasteiger partial charge in [0, 0.05) is 17.2 Å². The Labute approximate surface area is 92.1 Å². The number of rotatable bonds is 1. The number of halogens is 1. The van der Waals surface area contributed by atoms with Crippen molar-refractivity contribution in [2.24, 2.45) is 0 Å². The molecular formula is C8H10ClNO3S. The number of nitro benzene ring substituents is 1. The van der Waals surface area contributed by atoms with Crippen LogP contribution in [0.5, 0.6) is 0 Å². The third-order valence-corrected chi connectivity index (χ3v) is 1.29. The van der Waals surface area contributed by atoms with Gasteiger partial charge in [-0.3, -0.25) is 10.1 Å². The molecule has 0 radical (unpaired) electrons. The molecule has 0 spiro atoms. The second-order valence-corrected chi connectivity index (χ2v) is 3.55. The summed E-state index contributed by atoms with van der Waals surface area (Å²) in [6, 6.07) is 5.70. The summed E-state index contributed by atoms with van der Waals surface area (Å²) in [6.45, 7) is 1.59. The van der Waals surface area contributed by atoms with Gasteiger partial charge >= 0.3 is 0 Å². The number of benzene rings is 1. The molecule has 1 aromatic rings. The maximum atomic E-state index is 10.1. The Morgan fingerprint density at radius 3 is 2.14 bits per heavy atom. The Bertz CT molecular complexity index is 286. The molecule has 0 amide bonds. The van der Waals surface area contributed by atoms with Crippen molar-refractivity contribution in [3.8, 4) is 0 Å². The fraction of sp³-hybridized carbons (Fsp3) is 0.250. The second-order valence-electron chi connectivity index (χ2n) is 2.37. The summed E-state index contributed by atoms with van der Waals surface area (Å²) < 4.78 is 0. The molecule has 6 heteroatoms. The number of hydrogen-bond acceptors (Lipinski definition) is 4. The molecule has 0 aromatic heterocycles. The fourth-order valence-corrected chi connectivity index (χ4v) is 0.689. The second kappa shape index (κ2) is 6.64. The van der Waals surface area contributed by atoms with Crippen LogP contribution in [0.15, 0.2) is 24.3 Å². The van der Waals surface area contributed by atoms with Gasteiger partial charge in [0.15, 0.2) is 0 Å². The van der Waals surface area contributed by atoms with Crippen LogP contribution in [-0.2, 0) is 0 Å². The summed E-state index contributed by atoms with van der Waals surface area (Å²) in [7, 11) is 0. The van der Waals surface area contributed by atoms with E-state index in [9.17, 15) is 10.1 Å². The Hall–Kier alpha value is -0.780. The third-order valence-electron chi connectivity index (χ3n) is 1.04. The molecule has 0 aliphatic carbocycles. The van der Waals surface area contributed by atoms with Crippen LogP contribution in [0.4, 0.5) is 5.69 Å². The summed E-state index contributed by atoms with van der Waals surface area (Å²) in [5.74, 6) is 0. The van der Waals surface area contributed by atoms with Crippen LogP contribution in [0.2, 0.25) is 5.02 Å². The number of thiol groups is 1. The van der Waals surface area contributed by atoms with E-state index in [0.29, 0.717) is 5.02 Å². The minimum absolute atomic E-state index is 0.0596. The maximum absolute atomic E-state index is 10.1. The highest BCUT2D eigenvalue weighted by atomic mass is 35.5. The van der Waals surface area contributed by atoms with Gasteiger partial charge in [0.2, 0.25) is 0 Å². The van der Waals surface area contributed by atoms with E-state index >= 15 is 0 Å². The van der Waals surface area contributed by atoms with Crippen LogP contribution in [-0.4, -0.2) is 15.5 Å². The van der Waals surface area contributed by atoms with Gasteiger partial charge in [-0.05, 0) is 19.1 Å². The SMILES string of the molecule is CC(O)S.O=[N+]([O-])c1ccc(Cl)cc1. The van der Waals surface area contributed by atoms with Gasteiger partial charge in [0.05, 0.1) is 10.4 Å². The molecule has 0 saturated heterocycles. The highest BCUT2D eigenvalue weighted by Gasteiger charge is 2.01. The third kappa shape index (κ3) is 6.71. The molecule has 0 aliphatic heterocycles. The molecule has 1 N–H and O–H groups in total. The van der Waals surface area contributed by atoms with Crippen molar-refractivity contribution < 1.29 is 10.0 Å². The van der Waals surface area contributed by atoms with Gasteiger partial charge in [-0.2, -0.15) is 0 Å². The summed E-state index contributed by atoms with van der Waals surface area (Å²) in [6.07, 6.45) is 0. The highest BCUT2D eigenvalue weighted by Crippen LogP contribution is 2.14. The van der Waals surface area contributed by atoms with Crippen molar-refractivity contribution in [3.05, 3.63) is 39.4 Å². The lowest BCUT2D eigenvalue weighted by Gasteiger charge is -1.88. The first-order valence-electron chi connectivity index (χ1n) is 3.69. The number of aliphatic hydroxyl groups excluding tert-OH is 1. The molecule has 1 atom stereocenters. The zero-order valence-electron chi connectivity index (χ0n) is 7.42. The first-order valence-corrected chi connectivity index (χ1v) is 4.59. The van der Waals surface area contributed by atoms with Crippen molar-refractivity contribution in [2.45, 2.75) is 12.4 Å². The average molecular weight is 236 g/mol. The standard InChI is InChI=1S/C6H4ClNO2.C2H6OS/c7-5-1-3-6(4-2-5)8(9)10;1-2(3)4/h1-4H;2-4H,1H3. The highest BCUT2D eigenvalue weighted by molar-refractivity contribution is 7.80. The van der Waals surface area contributed by atoms with E-state index in [4.69, 9.17) is 16.7 Å². The van der Waals surface area contributed by atoms with Crippen molar-refractivity contribution >= 4 is 29.9 Å². The lowest BCUT2D eigenvalue weighted by atomic mass is 10.3. The van der Waals surface area contributed by atoms with Crippen LogP contribution >= 0.6 is 24.2 Å². The van der Waals surface area contributed by atoms with Gasteiger partial charge in [-0.25, -0.2) is 0 Å². The lowest BCUT2D eigenvalue weighted by Crippen LogP contribution is -1.85. The normalized spacial score (nSPS) is 11.1. The van der Waals surface area contributed by atoms with E-state index in [1.165, 1.54) is 24.3 Å². The quantitative estimate of drug-likeness (QED) is 0.340. The average Bonchev–Trinajstić information content (AvgIpc) is 2.03. The van der Waals surface area contributed by atoms with Gasteiger partial charge in [0.1, 0.15) is 0 Å². The van der Waals surface area contributed by atoms with E-state index in [1.807, 2.05) is 0 Å². The molecule has 1 aromatic carbocycles. The molecule has 4 nitrogen and oxygen atoms in total. The van der Waals surface area contributed by atoms with Crippen LogP contribution < -0.4 is 0 Å². The largest absolute Gasteiger partial charge is 0.383 e. The van der Waals surface area contributed by atoms with E-state index in [2.05, 4.69) is 12.6 Å². The molecule has 1 unspecified atom stereocenters. The zero-order valence-corrected chi connectivity index (χ0v) is 9.07. The van der Waals surface area contributed by atoms with Crippen LogP contribution in [0.3, 0.4) is 0 Å². The topological polar surface area (TPSA) is 63.4 Å². The van der Waals surface area contributed by atoms with Crippen LogP contribution in [0.25, 0.3) is 0 Å². The van der Waals surface area contributed by atoms with E-state index in [1.54, 1.807) is 6.92 Å². The number of nitro groups is 1. The summed E-state index contributed by atoms with van der Waals surface area (Å²) in [5, 5.41) is 18.5. The Morgan fingerprint density at radius 1 is 1.50 bits per heavy atom. The molecule has 0 saturated carbocycles. The fourth-order valence-electron chi connectivity index (χ4n) is 0.563. The lowest BCUT2D eigenvalue weighted by molar-refractivity contribution is -0.384. The van der Waals surface area contributed by atoms with E-state index in [0.717, 1.165) is 0 Å². The van der Waals surface area contributed by atoms with Gasteiger partial charge in [-0.15, -0.1) is 12.6 Å². The minimum Gasteiger partial charge on any atom is -0.383 e. The Morgan fingerprint density at radius 2 is 1.86 bits per heavy atom. The van der Waals surface area contributed by atoms with E-state index in [-0.39, 0.29) is 5.69 Å². The van der Waals surface area contributed by atoms with Gasteiger partial charge in [-0.1, -0.05) is 11.6 Å². The van der Waals surface area contributed by atoms with Crippen molar-refractivity contribution in [1.82, 2.24) is 0 Å². The predicted molar refractivity (Wildman–Crippen MR) is 58.8 cm³/mol. The molecular weight excluding hydrogens is 226 g/mol. The molecule has 14 heavy (non-hydrogen) atoms. The van der Waals surface area contributed by atoms with Crippen molar-refractivity contribution in [2.75, 3.05) is 0 Å². The predicted octanol–water partition coefficient (Wildman–Crippen LogP) is 2.50. The number of non-ortho nitro benzene ring substituents is 1. The van der Waals surface area contributed by atoms with E-state index < -0.39 is 10.4 Å². The van der Waals surface area contributed by atoms with Gasteiger partial charge < -0.3 is 5.11 Å². The maximum Gasteiger partial charge on any atom is 0.269 e. The minimum atomic E-state index is -0.472. The smallest absolute Gasteiger partial charge is 0.269 e. The Kier molecular flexibility index (Phi) is 6.27. The molecule has 0 aliphatic rings. The first kappa shape index (κ1) is 13.2. The summed E-state index contributed by atoms with van der Waals surface area (Å²) in [5.41, 5.74) is -0.413. The first-order chi connectivity index (χ1) is 6.43. The number of aliphatic hydroxyl groups is 1. The zero-order chi connectivity index (χ0) is 11.1. The monoisotopic (exact) mass is 235 g/mol.